The number of ether oxygens (including phenoxy) is 1. The van der Waals surface area contributed by atoms with Crippen LogP contribution in [0, 0.1) is 0 Å². The van der Waals surface area contributed by atoms with Gasteiger partial charge in [-0.15, -0.1) is 10.2 Å². The molecule has 0 saturated carbocycles. The maximum Gasteiger partial charge on any atom is 0.286 e. The summed E-state index contributed by atoms with van der Waals surface area (Å²) in [7, 11) is 0. The van der Waals surface area contributed by atoms with Gasteiger partial charge in [0.15, 0.2) is 5.01 Å². The minimum atomic E-state index is -0.384. The van der Waals surface area contributed by atoms with Crippen molar-refractivity contribution in [1.29, 1.82) is 0 Å². The third-order valence-corrected chi connectivity index (χ3v) is 6.04. The van der Waals surface area contributed by atoms with E-state index in [0.717, 1.165) is 16.9 Å². The van der Waals surface area contributed by atoms with Gasteiger partial charge in [-0.3, -0.25) is 9.59 Å². The molecule has 0 fully saturated rings. The summed E-state index contributed by atoms with van der Waals surface area (Å²) in [4.78, 5) is 25.1. The van der Waals surface area contributed by atoms with Crippen LogP contribution in [0.4, 0.5) is 5.69 Å². The Morgan fingerprint density at radius 1 is 0.941 bits per heavy atom. The van der Waals surface area contributed by atoms with E-state index in [4.69, 9.17) is 16.3 Å². The first-order valence-electron chi connectivity index (χ1n) is 10.5. The fourth-order valence-corrected chi connectivity index (χ4v) is 3.85. The van der Waals surface area contributed by atoms with E-state index in [-0.39, 0.29) is 29.5 Å². The van der Waals surface area contributed by atoms with Crippen molar-refractivity contribution in [2.24, 2.45) is 0 Å². The molecule has 1 heterocycles. The van der Waals surface area contributed by atoms with Gasteiger partial charge in [0.1, 0.15) is 12.4 Å². The zero-order valence-corrected chi connectivity index (χ0v) is 19.8. The maximum absolute atomic E-state index is 12.5. The standard InChI is InChI=1S/C25H21ClN4O3S/c1-16(17-5-3-2-4-6-17)27-23(31)18-7-11-20(12-8-18)28-24(32)25-30-29-22(34-25)15-33-21-13-9-19(26)10-14-21/h2-14,16H,15H2,1H3,(H,27,31)(H,28,32). The van der Waals surface area contributed by atoms with E-state index in [2.05, 4.69) is 20.8 Å². The summed E-state index contributed by atoms with van der Waals surface area (Å²) in [6.45, 7) is 2.12. The lowest BCUT2D eigenvalue weighted by Crippen LogP contribution is -2.26. The second kappa shape index (κ2) is 10.9. The second-order valence-electron chi connectivity index (χ2n) is 7.38. The number of halogens is 1. The molecule has 3 aromatic carbocycles. The third-order valence-electron chi connectivity index (χ3n) is 4.89. The molecule has 0 aliphatic heterocycles. The molecule has 9 heteroatoms. The number of nitrogens with one attached hydrogen (secondary N) is 2. The molecule has 7 nitrogen and oxygen atoms in total. The number of benzene rings is 3. The Balaban J connectivity index is 1.30. The fraction of sp³-hybridized carbons (Fsp3) is 0.120. The molecule has 34 heavy (non-hydrogen) atoms. The Morgan fingerprint density at radius 3 is 2.35 bits per heavy atom. The molecular formula is C25H21ClN4O3S. The average Bonchev–Trinajstić information content (AvgIpc) is 3.34. The summed E-state index contributed by atoms with van der Waals surface area (Å²) in [6.07, 6.45) is 0. The zero-order chi connectivity index (χ0) is 23.9. The van der Waals surface area contributed by atoms with Crippen LogP contribution in [-0.4, -0.2) is 22.0 Å². The first-order valence-corrected chi connectivity index (χ1v) is 11.7. The molecular weight excluding hydrogens is 472 g/mol. The number of carbonyl (C=O) groups excluding carboxylic acids is 2. The largest absolute Gasteiger partial charge is 0.486 e. The monoisotopic (exact) mass is 492 g/mol. The van der Waals surface area contributed by atoms with E-state index in [1.807, 2.05) is 37.3 Å². The van der Waals surface area contributed by atoms with Gasteiger partial charge >= 0.3 is 0 Å². The number of aromatic nitrogens is 2. The van der Waals surface area contributed by atoms with Crippen LogP contribution in [0.5, 0.6) is 5.75 Å². The normalized spacial score (nSPS) is 11.5. The quantitative estimate of drug-likeness (QED) is 0.338. The maximum atomic E-state index is 12.5. The summed E-state index contributed by atoms with van der Waals surface area (Å²) >= 11 is 7.01. The lowest BCUT2D eigenvalue weighted by atomic mass is 10.1. The van der Waals surface area contributed by atoms with Crippen molar-refractivity contribution < 1.29 is 14.3 Å². The number of anilines is 1. The van der Waals surface area contributed by atoms with Crippen LogP contribution in [0.15, 0.2) is 78.9 Å². The molecule has 1 unspecified atom stereocenters. The van der Waals surface area contributed by atoms with Crippen molar-refractivity contribution in [3.8, 4) is 5.75 Å². The van der Waals surface area contributed by atoms with Gasteiger partial charge in [0.2, 0.25) is 5.01 Å². The van der Waals surface area contributed by atoms with Crippen LogP contribution < -0.4 is 15.4 Å². The highest BCUT2D eigenvalue weighted by Crippen LogP contribution is 2.19. The third kappa shape index (κ3) is 6.18. The lowest BCUT2D eigenvalue weighted by molar-refractivity contribution is 0.0939. The van der Waals surface area contributed by atoms with Crippen molar-refractivity contribution in [2.75, 3.05) is 5.32 Å². The molecule has 172 valence electrons. The smallest absolute Gasteiger partial charge is 0.286 e. The molecule has 2 amide bonds. The van der Waals surface area contributed by atoms with Gasteiger partial charge in [0, 0.05) is 16.3 Å². The zero-order valence-electron chi connectivity index (χ0n) is 18.2. The van der Waals surface area contributed by atoms with E-state index >= 15 is 0 Å². The van der Waals surface area contributed by atoms with Crippen molar-refractivity contribution in [2.45, 2.75) is 19.6 Å². The van der Waals surface area contributed by atoms with E-state index in [9.17, 15) is 9.59 Å². The van der Waals surface area contributed by atoms with Crippen LogP contribution in [0.3, 0.4) is 0 Å². The number of hydrogen-bond donors (Lipinski definition) is 2. The van der Waals surface area contributed by atoms with Crippen LogP contribution >= 0.6 is 22.9 Å². The Morgan fingerprint density at radius 2 is 1.65 bits per heavy atom. The van der Waals surface area contributed by atoms with E-state index < -0.39 is 0 Å². The van der Waals surface area contributed by atoms with Crippen molar-refractivity contribution in [3.05, 3.63) is 105 Å². The fourth-order valence-electron chi connectivity index (χ4n) is 3.07. The predicted molar refractivity (Wildman–Crippen MR) is 132 cm³/mol. The molecule has 4 rings (SSSR count). The van der Waals surface area contributed by atoms with E-state index in [1.54, 1.807) is 48.5 Å². The van der Waals surface area contributed by atoms with Crippen LogP contribution in [0.1, 0.15) is 43.7 Å². The summed E-state index contributed by atoms with van der Waals surface area (Å²) in [5.41, 5.74) is 2.07. The topological polar surface area (TPSA) is 93.2 Å². The Bertz CT molecular complexity index is 1260. The molecule has 0 saturated heterocycles. The number of hydrogen-bond acceptors (Lipinski definition) is 6. The number of nitrogens with zero attached hydrogens (tertiary/aromatic N) is 2. The average molecular weight is 493 g/mol. The van der Waals surface area contributed by atoms with Crippen molar-refractivity contribution in [1.82, 2.24) is 15.5 Å². The minimum Gasteiger partial charge on any atom is -0.486 e. The Hall–Kier alpha value is -3.75. The molecule has 2 N–H and O–H groups in total. The van der Waals surface area contributed by atoms with Crippen LogP contribution in [0.2, 0.25) is 5.02 Å². The molecule has 0 aliphatic rings. The SMILES string of the molecule is CC(NC(=O)c1ccc(NC(=O)c2nnc(COc3ccc(Cl)cc3)s2)cc1)c1ccccc1. The highest BCUT2D eigenvalue weighted by molar-refractivity contribution is 7.13. The number of amides is 2. The van der Waals surface area contributed by atoms with Gasteiger partial charge in [-0.2, -0.15) is 0 Å². The van der Waals surface area contributed by atoms with Crippen LogP contribution in [-0.2, 0) is 6.61 Å². The highest BCUT2D eigenvalue weighted by Gasteiger charge is 2.15. The molecule has 1 aromatic heterocycles. The predicted octanol–water partition coefficient (Wildman–Crippen LogP) is 5.51. The van der Waals surface area contributed by atoms with Crippen molar-refractivity contribution in [3.63, 3.8) is 0 Å². The highest BCUT2D eigenvalue weighted by atomic mass is 35.5. The molecule has 4 aromatic rings. The molecule has 0 bridgehead atoms. The van der Waals surface area contributed by atoms with Gasteiger partial charge < -0.3 is 15.4 Å². The summed E-state index contributed by atoms with van der Waals surface area (Å²) < 4.78 is 5.63. The lowest BCUT2D eigenvalue weighted by Gasteiger charge is -2.14. The van der Waals surface area contributed by atoms with Gasteiger partial charge in [-0.05, 0) is 61.0 Å². The van der Waals surface area contributed by atoms with Gasteiger partial charge in [0.25, 0.3) is 11.8 Å². The summed E-state index contributed by atoms with van der Waals surface area (Å²) in [6, 6.07) is 23.2. The Kier molecular flexibility index (Phi) is 7.51. The van der Waals surface area contributed by atoms with Gasteiger partial charge in [0.05, 0.1) is 6.04 Å². The van der Waals surface area contributed by atoms with Gasteiger partial charge in [-0.25, -0.2) is 0 Å². The Labute approximate surface area is 205 Å². The van der Waals surface area contributed by atoms with E-state index in [0.29, 0.717) is 27.0 Å². The number of carbonyl (C=O) groups is 2. The van der Waals surface area contributed by atoms with Crippen LogP contribution in [0.25, 0.3) is 0 Å². The molecule has 0 aliphatic carbocycles. The van der Waals surface area contributed by atoms with E-state index in [1.165, 1.54) is 0 Å². The summed E-state index contributed by atoms with van der Waals surface area (Å²) in [5.74, 6) is 0.0710. The second-order valence-corrected chi connectivity index (χ2v) is 8.88. The molecule has 0 spiro atoms. The molecule has 1 atom stereocenters. The number of rotatable bonds is 8. The summed E-state index contributed by atoms with van der Waals surface area (Å²) in [5, 5.41) is 15.1. The van der Waals surface area contributed by atoms with Gasteiger partial charge in [-0.1, -0.05) is 53.3 Å². The van der Waals surface area contributed by atoms with Crippen molar-refractivity contribution >= 4 is 40.4 Å². The first-order chi connectivity index (χ1) is 16.5. The molecule has 0 radical (unpaired) electrons. The minimum absolute atomic E-state index is 0.122. The first kappa shape index (κ1) is 23.4.